The molecule has 0 saturated heterocycles. The molecule has 0 aromatic heterocycles. The maximum absolute atomic E-state index is 12.7. The first-order valence-electron chi connectivity index (χ1n) is 48.4. The SMILES string of the molecule is CCC(CCC(=O)NCCCCC(N)C(=O)NC(Cc1ccccc1)C(=O)NC(CO)C(N)=O)C(=O)O.CCC(CCC(=O)NCCCCC(N)C(=O)NC(Cc1ccccc1)C(=O)NC(CO)C(N)=O)C(=O)O.CCC(CCC(=O)NCCCCC(N)C(=O)NC(Cc1ccccc1)C(=O)NC(CO)C(N)=O)C(=O)O.CCC(CCC(=O)NCCCCNC(=O)C(Cc1ccccc1)NC(=O)C(N)CO)C(=O)O. The van der Waals surface area contributed by atoms with Crippen LogP contribution in [0.25, 0.3) is 0 Å². The van der Waals surface area contributed by atoms with Crippen LogP contribution >= 0.6 is 0 Å². The molecule has 0 heterocycles. The van der Waals surface area contributed by atoms with E-state index in [-0.39, 0.29) is 100 Å². The summed E-state index contributed by atoms with van der Waals surface area (Å²) in [7, 11) is 0. The van der Waals surface area contributed by atoms with E-state index >= 15 is 0 Å². The molecular formula is C98H153N19O27. The van der Waals surface area contributed by atoms with Gasteiger partial charge in [0.2, 0.25) is 88.6 Å². The first-order valence-corrected chi connectivity index (χ1v) is 48.4. The van der Waals surface area contributed by atoms with Gasteiger partial charge in [-0.15, -0.1) is 0 Å². The largest absolute Gasteiger partial charge is 0.481 e. The Hall–Kier alpha value is -13.5. The molecule has 15 amide bonds. The van der Waals surface area contributed by atoms with E-state index in [1.54, 1.807) is 100 Å². The Morgan fingerprint density at radius 3 is 0.632 bits per heavy atom. The number of nitrogens with two attached hydrogens (primary N) is 7. The highest BCUT2D eigenvalue weighted by molar-refractivity contribution is 5.96. The lowest BCUT2D eigenvalue weighted by Crippen LogP contribution is -2.56. The minimum absolute atomic E-state index is 0.129. The molecule has 0 aliphatic carbocycles. The highest BCUT2D eigenvalue weighted by atomic mass is 16.4. The number of hydrogen-bond acceptors (Lipinski definition) is 27. The third-order valence-electron chi connectivity index (χ3n) is 23.0. The fourth-order valence-electron chi connectivity index (χ4n) is 13.8. The number of nitrogens with one attached hydrogen (secondary N) is 12. The van der Waals surface area contributed by atoms with E-state index in [0.717, 1.165) is 22.3 Å². The zero-order valence-electron chi connectivity index (χ0n) is 82.5. The van der Waals surface area contributed by atoms with Gasteiger partial charge in [0.15, 0.2) is 0 Å². The van der Waals surface area contributed by atoms with Gasteiger partial charge >= 0.3 is 23.9 Å². The van der Waals surface area contributed by atoms with Crippen LogP contribution in [0.1, 0.15) is 198 Å². The summed E-state index contributed by atoms with van der Waals surface area (Å²) in [5, 5.41) is 104. The summed E-state index contributed by atoms with van der Waals surface area (Å²) in [6.45, 7) is 6.40. The van der Waals surface area contributed by atoms with E-state index in [1.165, 1.54) is 0 Å². The topological polar surface area (TPSA) is 813 Å². The molecule has 0 spiro atoms. The van der Waals surface area contributed by atoms with Gasteiger partial charge in [-0.05, 0) is 144 Å². The Labute approximate surface area is 838 Å². The molecule has 15 unspecified atom stereocenters. The van der Waals surface area contributed by atoms with Gasteiger partial charge in [0, 0.05) is 84.1 Å². The van der Waals surface area contributed by atoms with Crippen molar-refractivity contribution in [2.75, 3.05) is 59.2 Å². The summed E-state index contributed by atoms with van der Waals surface area (Å²) >= 11 is 0. The lowest BCUT2D eigenvalue weighted by molar-refractivity contribution is -0.143. The first kappa shape index (κ1) is 128. The molecular weight excluding hydrogens is 1880 g/mol. The number of amides is 15. The smallest absolute Gasteiger partial charge is 0.306 e. The van der Waals surface area contributed by atoms with Crippen LogP contribution in [-0.4, -0.2) is 279 Å². The third kappa shape index (κ3) is 57.0. The third-order valence-corrected chi connectivity index (χ3v) is 23.0. The van der Waals surface area contributed by atoms with E-state index in [9.17, 15) is 106 Å². The van der Waals surface area contributed by atoms with Gasteiger partial charge in [-0.1, -0.05) is 149 Å². The number of carboxylic acids is 4. The standard InChI is InChI=1S/3C25H39N5O7.C23H36N4O6/c3*1-2-17(25(36)37)11-12-21(32)28-13-7-6-10-18(26)23(34)29-19(14-16-8-4-3-5-9-16)24(35)30-20(15-31)22(27)33;1-2-17(23(32)33)10-11-20(29)25-12-6-7-13-26-22(31)19(27-21(30)18(24)15-28)14-16-8-4-3-5-9-16/h3*3-5,8-9,17-20,31H,2,6-7,10-15,26H2,1H3,(H2,27,33)(H,28,32)(H,29,34)(H,30,35)(H,36,37);3-5,8-9,17-19,28H,2,6-7,10-15,24H2,1H3,(H,25,29)(H,26,31)(H,27,30)(H,32,33). The maximum Gasteiger partial charge on any atom is 0.306 e. The van der Waals surface area contributed by atoms with Crippen molar-refractivity contribution < 1.29 is 132 Å². The van der Waals surface area contributed by atoms with Crippen LogP contribution in [0.15, 0.2) is 121 Å². The lowest BCUT2D eigenvalue weighted by atomic mass is 10.0. The summed E-state index contributed by atoms with van der Waals surface area (Å²) < 4.78 is 0. The predicted octanol–water partition coefficient (Wildman–Crippen LogP) is -2.52. The molecule has 0 aliphatic heterocycles. The van der Waals surface area contributed by atoms with Crippen molar-refractivity contribution in [1.29, 1.82) is 0 Å². The monoisotopic (exact) mass is 2030 g/mol. The summed E-state index contributed by atoms with van der Waals surface area (Å²) in [6.07, 6.45) is 9.69. The van der Waals surface area contributed by atoms with Crippen molar-refractivity contribution in [2.45, 2.75) is 268 Å². The molecule has 0 aliphatic rings. The molecule has 0 bridgehead atoms. The second-order valence-corrected chi connectivity index (χ2v) is 34.4. The number of benzene rings is 4. The normalized spacial score (nSPS) is 13.9. The van der Waals surface area contributed by atoms with Crippen LogP contribution < -0.4 is 104 Å². The number of rotatable bonds is 70. The molecule has 144 heavy (non-hydrogen) atoms. The van der Waals surface area contributed by atoms with Crippen molar-refractivity contribution in [3.63, 3.8) is 0 Å². The average molecular weight is 2030 g/mol. The van der Waals surface area contributed by atoms with E-state index in [0.29, 0.717) is 135 Å². The molecule has 802 valence electrons. The lowest BCUT2D eigenvalue weighted by Gasteiger charge is -2.23. The number of aliphatic carboxylic acids is 4. The van der Waals surface area contributed by atoms with Crippen LogP contribution in [0.4, 0.5) is 0 Å². The summed E-state index contributed by atoms with van der Waals surface area (Å²) in [6, 6.07) is 24.3. The summed E-state index contributed by atoms with van der Waals surface area (Å²) in [4.78, 5) is 227. The number of unbranched alkanes of at least 4 members (excludes halogenated alkanes) is 4. The van der Waals surface area contributed by atoms with Crippen LogP contribution in [0, 0.1) is 23.7 Å². The fraction of sp³-hybridized carbons (Fsp3) is 0.561. The number of carbonyl (C=O) groups excluding carboxylic acids is 15. The molecule has 4 aromatic rings. The van der Waals surface area contributed by atoms with Crippen molar-refractivity contribution >= 4 is 112 Å². The molecule has 46 heteroatoms. The molecule has 0 saturated carbocycles. The quantitative estimate of drug-likeness (QED) is 0.0203. The number of carbonyl (C=O) groups is 19. The maximum atomic E-state index is 12.7. The Balaban J connectivity index is 0.000000961. The van der Waals surface area contributed by atoms with E-state index < -0.39 is 200 Å². The predicted molar refractivity (Wildman–Crippen MR) is 530 cm³/mol. The first-order chi connectivity index (χ1) is 68.5. The zero-order chi connectivity index (χ0) is 108. The van der Waals surface area contributed by atoms with Crippen LogP contribution in [0.3, 0.4) is 0 Å². The second kappa shape index (κ2) is 75.3. The molecule has 4 rings (SSSR count). The van der Waals surface area contributed by atoms with Crippen molar-refractivity contribution in [3.8, 4) is 0 Å². The molecule has 34 N–H and O–H groups in total. The second-order valence-electron chi connectivity index (χ2n) is 34.4. The van der Waals surface area contributed by atoms with Crippen LogP contribution in [0.5, 0.6) is 0 Å². The summed E-state index contributed by atoms with van der Waals surface area (Å²) in [5.41, 5.74) is 42.2. The summed E-state index contributed by atoms with van der Waals surface area (Å²) in [5.74, 6) is -14.0. The van der Waals surface area contributed by atoms with E-state index in [4.69, 9.17) is 65.7 Å². The Morgan fingerprint density at radius 2 is 0.438 bits per heavy atom. The molecule has 4 aromatic carbocycles. The van der Waals surface area contributed by atoms with Gasteiger partial charge in [-0.3, -0.25) is 91.1 Å². The number of aliphatic hydroxyl groups excluding tert-OH is 4. The highest BCUT2D eigenvalue weighted by Gasteiger charge is 2.33. The fourth-order valence-corrected chi connectivity index (χ4v) is 13.8. The van der Waals surface area contributed by atoms with Crippen LogP contribution in [-0.2, 0) is 117 Å². The van der Waals surface area contributed by atoms with Gasteiger partial charge in [-0.2, -0.15) is 0 Å². The highest BCUT2D eigenvalue weighted by Crippen LogP contribution is 2.18. The minimum Gasteiger partial charge on any atom is -0.481 e. The number of primary amides is 3. The zero-order valence-corrected chi connectivity index (χ0v) is 82.5. The number of hydrogen-bond donors (Lipinski definition) is 27. The van der Waals surface area contributed by atoms with Gasteiger partial charge in [0.05, 0.1) is 68.2 Å². The van der Waals surface area contributed by atoms with Crippen molar-refractivity contribution in [1.82, 2.24) is 63.8 Å². The van der Waals surface area contributed by atoms with Gasteiger partial charge in [-0.25, -0.2) is 0 Å². The number of aliphatic hydroxyl groups is 4. The van der Waals surface area contributed by atoms with Crippen molar-refractivity contribution in [3.05, 3.63) is 144 Å². The van der Waals surface area contributed by atoms with E-state index in [2.05, 4.69) is 63.8 Å². The average Bonchev–Trinajstić information content (AvgIpc) is 0.873. The van der Waals surface area contributed by atoms with Crippen LogP contribution in [0.2, 0.25) is 0 Å². The Kier molecular flexibility index (Phi) is 67.2. The van der Waals surface area contributed by atoms with Gasteiger partial charge in [0.25, 0.3) is 0 Å². The van der Waals surface area contributed by atoms with E-state index in [1.807, 2.05) is 48.5 Å². The Bertz CT molecular complexity index is 4230. The number of carboxylic acid groups (broad SMARTS) is 4. The Morgan fingerprint density at radius 1 is 0.243 bits per heavy atom. The van der Waals surface area contributed by atoms with Crippen molar-refractivity contribution in [2.24, 2.45) is 63.8 Å². The van der Waals surface area contributed by atoms with Gasteiger partial charge < -0.3 is 145 Å². The molecule has 46 nitrogen and oxygen atoms in total. The molecule has 0 radical (unpaired) electrons. The minimum atomic E-state index is -1.29. The molecule has 0 fully saturated rings. The van der Waals surface area contributed by atoms with Gasteiger partial charge in [0.1, 0.15) is 48.3 Å². The molecule has 15 atom stereocenters.